The lowest BCUT2D eigenvalue weighted by molar-refractivity contribution is 0.286. The fourth-order valence-electron chi connectivity index (χ4n) is 7.70. The average Bonchev–Trinajstić information content (AvgIpc) is 3.64. The van der Waals surface area contributed by atoms with E-state index in [1.165, 1.54) is 81.7 Å². The maximum absolute atomic E-state index is 6.49. The Morgan fingerprint density at radius 3 is 2.72 bits per heavy atom. The molecule has 2 unspecified atom stereocenters. The van der Waals surface area contributed by atoms with E-state index >= 15 is 0 Å². The number of fused-ring (bicyclic) bond motifs is 9. The van der Waals surface area contributed by atoms with Crippen LogP contribution in [-0.4, -0.2) is 10.7 Å². The molecular formula is C36H31NO2. The molecule has 3 aliphatic carbocycles. The van der Waals surface area contributed by atoms with Crippen LogP contribution in [-0.2, 0) is 6.42 Å². The fourth-order valence-corrected chi connectivity index (χ4v) is 7.70. The minimum Gasteiger partial charge on any atom is -0.485 e. The van der Waals surface area contributed by atoms with Gasteiger partial charge in [0.1, 0.15) is 22.9 Å². The van der Waals surface area contributed by atoms with Crippen molar-refractivity contribution >= 4 is 40.1 Å². The highest BCUT2D eigenvalue weighted by Gasteiger charge is 2.35. The number of nitrogens with zero attached hydrogens (tertiary/aromatic N) is 1. The summed E-state index contributed by atoms with van der Waals surface area (Å²) in [5.41, 5.74) is 9.97. The van der Waals surface area contributed by atoms with Crippen molar-refractivity contribution in [3.05, 3.63) is 99.8 Å². The number of ether oxygens (including phenoxy) is 1. The van der Waals surface area contributed by atoms with E-state index in [0.717, 1.165) is 29.6 Å². The number of para-hydroxylation sites is 1. The van der Waals surface area contributed by atoms with Crippen LogP contribution in [0.5, 0.6) is 5.75 Å². The molecule has 0 spiro atoms. The molecule has 4 aliphatic rings. The van der Waals surface area contributed by atoms with Gasteiger partial charge in [0.2, 0.25) is 0 Å². The van der Waals surface area contributed by atoms with Crippen molar-refractivity contribution in [2.24, 2.45) is 0 Å². The second kappa shape index (κ2) is 8.26. The molecule has 192 valence electrons. The van der Waals surface area contributed by atoms with Gasteiger partial charge in [0, 0.05) is 50.5 Å². The molecule has 0 amide bonds. The van der Waals surface area contributed by atoms with E-state index in [9.17, 15) is 0 Å². The van der Waals surface area contributed by atoms with Crippen molar-refractivity contribution in [2.45, 2.75) is 62.9 Å². The zero-order valence-corrected chi connectivity index (χ0v) is 22.0. The minimum atomic E-state index is -0.0284. The molecule has 0 bridgehead atoms. The number of aromatic nitrogens is 1. The number of benzene rings is 3. The van der Waals surface area contributed by atoms with E-state index in [2.05, 4.69) is 89.5 Å². The molecule has 1 aliphatic heterocycles. The summed E-state index contributed by atoms with van der Waals surface area (Å²) in [5.74, 6) is 1.86. The Balaban J connectivity index is 1.18. The number of furan rings is 1. The van der Waals surface area contributed by atoms with Gasteiger partial charge in [-0.05, 0) is 73.6 Å². The summed E-state index contributed by atoms with van der Waals surface area (Å²) in [6.07, 6.45) is 18.1. The zero-order valence-electron chi connectivity index (χ0n) is 22.0. The summed E-state index contributed by atoms with van der Waals surface area (Å²) in [4.78, 5) is 0. The zero-order chi connectivity index (χ0) is 25.5. The number of rotatable bonds is 2. The second-order valence-corrected chi connectivity index (χ2v) is 11.8. The van der Waals surface area contributed by atoms with Crippen LogP contribution in [0.3, 0.4) is 0 Å². The predicted octanol–water partition coefficient (Wildman–Crippen LogP) is 7.50. The highest BCUT2D eigenvalue weighted by atomic mass is 16.5. The summed E-state index contributed by atoms with van der Waals surface area (Å²) >= 11 is 0. The predicted molar refractivity (Wildman–Crippen MR) is 158 cm³/mol. The number of hydrogen-bond acceptors (Lipinski definition) is 2. The normalized spacial score (nSPS) is 21.5. The van der Waals surface area contributed by atoms with Gasteiger partial charge in [0.05, 0.1) is 5.52 Å². The first kappa shape index (κ1) is 21.9. The van der Waals surface area contributed by atoms with Crippen LogP contribution in [0.15, 0.2) is 71.2 Å². The van der Waals surface area contributed by atoms with Crippen molar-refractivity contribution < 1.29 is 9.15 Å². The summed E-state index contributed by atoms with van der Waals surface area (Å²) in [6, 6.07) is 22.5. The van der Waals surface area contributed by atoms with Gasteiger partial charge in [0.15, 0.2) is 0 Å². The molecule has 1 fully saturated rings. The lowest BCUT2D eigenvalue weighted by Crippen LogP contribution is -2.32. The van der Waals surface area contributed by atoms with Gasteiger partial charge in [-0.3, -0.25) is 0 Å². The van der Waals surface area contributed by atoms with Crippen molar-refractivity contribution in [1.29, 1.82) is 0 Å². The van der Waals surface area contributed by atoms with Crippen molar-refractivity contribution in [1.82, 2.24) is 4.57 Å². The highest BCUT2D eigenvalue weighted by molar-refractivity contribution is 5.93. The van der Waals surface area contributed by atoms with Crippen molar-refractivity contribution in [3.8, 4) is 11.4 Å². The van der Waals surface area contributed by atoms with E-state index in [-0.39, 0.29) is 12.0 Å². The van der Waals surface area contributed by atoms with Gasteiger partial charge in [-0.1, -0.05) is 61.8 Å². The lowest BCUT2D eigenvalue weighted by atomic mass is 9.83. The Hall–Kier alpha value is -3.98. The Morgan fingerprint density at radius 2 is 1.77 bits per heavy atom. The maximum Gasteiger partial charge on any atom is 0.135 e. The average molecular weight is 510 g/mol. The first-order valence-electron chi connectivity index (χ1n) is 14.7. The SMILES string of the molecule is C1=Cc2c(n(-c3ccc4c(c3)C3C=c5c(oc6ccc(C7CCCCC7)cc56)=CC3O4)c3ccccc23)CC1. The third-order valence-corrected chi connectivity index (χ3v) is 9.59. The molecule has 3 aromatic carbocycles. The van der Waals surface area contributed by atoms with Crippen molar-refractivity contribution in [2.75, 3.05) is 0 Å². The third-order valence-electron chi connectivity index (χ3n) is 9.59. The molecule has 0 saturated heterocycles. The molecular weight excluding hydrogens is 478 g/mol. The van der Waals surface area contributed by atoms with Gasteiger partial charge in [0.25, 0.3) is 0 Å². The summed E-state index contributed by atoms with van der Waals surface area (Å²) in [7, 11) is 0. The van der Waals surface area contributed by atoms with Crippen LogP contribution >= 0.6 is 0 Å². The van der Waals surface area contributed by atoms with Gasteiger partial charge in [-0.2, -0.15) is 0 Å². The van der Waals surface area contributed by atoms with E-state index in [0.29, 0.717) is 5.92 Å². The second-order valence-electron chi connectivity index (χ2n) is 11.8. The molecule has 39 heavy (non-hydrogen) atoms. The molecule has 2 atom stereocenters. The van der Waals surface area contributed by atoms with Crippen LogP contribution in [0, 0.1) is 0 Å². The van der Waals surface area contributed by atoms with Crippen molar-refractivity contribution in [3.63, 3.8) is 0 Å². The highest BCUT2D eigenvalue weighted by Crippen LogP contribution is 2.43. The number of hydrogen-bond donors (Lipinski definition) is 0. The van der Waals surface area contributed by atoms with Gasteiger partial charge >= 0.3 is 0 Å². The minimum absolute atomic E-state index is 0.0284. The molecule has 3 heteroatoms. The molecule has 2 aromatic heterocycles. The van der Waals surface area contributed by atoms with E-state index < -0.39 is 0 Å². The molecule has 0 radical (unpaired) electrons. The van der Waals surface area contributed by atoms with Crippen LogP contribution in [0.4, 0.5) is 0 Å². The van der Waals surface area contributed by atoms with Crippen LogP contribution < -0.4 is 15.4 Å². The smallest absolute Gasteiger partial charge is 0.135 e. The van der Waals surface area contributed by atoms with Crippen LogP contribution in [0.1, 0.15) is 72.7 Å². The van der Waals surface area contributed by atoms with Crippen LogP contribution in [0.2, 0.25) is 0 Å². The maximum atomic E-state index is 6.49. The standard InChI is InChI=1S/C36H31NO2/c1-2-8-22(9-3-1)23-14-16-33-27(18-23)29-20-30-28-19-24(15-17-34(28)39-36(30)21-35(29)38-33)37-31-12-6-4-10-25(31)26-11-5-7-13-32(26)37/h4-6,10-12,14-22,30,36H,1-3,7-9,13H2. The topological polar surface area (TPSA) is 27.3 Å². The Bertz CT molecular complexity index is 1950. The van der Waals surface area contributed by atoms with E-state index in [1.807, 2.05) is 0 Å². The lowest BCUT2D eigenvalue weighted by Gasteiger charge is -2.21. The Morgan fingerprint density at radius 1 is 0.846 bits per heavy atom. The first-order valence-corrected chi connectivity index (χ1v) is 14.7. The monoisotopic (exact) mass is 509 g/mol. The van der Waals surface area contributed by atoms with Gasteiger partial charge in [-0.25, -0.2) is 0 Å². The molecule has 3 heterocycles. The summed E-state index contributed by atoms with van der Waals surface area (Å²) in [5, 5.41) is 3.82. The van der Waals surface area contributed by atoms with Gasteiger partial charge < -0.3 is 13.7 Å². The Kier molecular flexibility index (Phi) is 4.64. The Labute approximate surface area is 227 Å². The van der Waals surface area contributed by atoms with Gasteiger partial charge in [-0.15, -0.1) is 0 Å². The quantitative estimate of drug-likeness (QED) is 0.246. The first-order chi connectivity index (χ1) is 19.3. The number of allylic oxidation sites excluding steroid dienone is 1. The molecule has 1 saturated carbocycles. The molecule has 3 nitrogen and oxygen atoms in total. The molecule has 5 aromatic rings. The van der Waals surface area contributed by atoms with Crippen LogP contribution in [0.25, 0.3) is 45.8 Å². The van der Waals surface area contributed by atoms with E-state index in [1.54, 1.807) is 0 Å². The largest absolute Gasteiger partial charge is 0.485 e. The molecule has 0 N–H and O–H groups in total. The third kappa shape index (κ3) is 3.22. The molecule has 9 rings (SSSR count). The summed E-state index contributed by atoms with van der Waals surface area (Å²) < 4.78 is 15.3. The summed E-state index contributed by atoms with van der Waals surface area (Å²) in [6.45, 7) is 0. The fraction of sp³-hybridized carbons (Fsp3) is 0.278. The van der Waals surface area contributed by atoms with E-state index in [4.69, 9.17) is 9.15 Å².